The molecule has 0 radical (unpaired) electrons. The highest BCUT2D eigenvalue weighted by Gasteiger charge is 2.31. The van der Waals surface area contributed by atoms with Gasteiger partial charge in [-0.3, -0.25) is 0 Å². The number of carbonyl (C=O) groups is 1. The van der Waals surface area contributed by atoms with E-state index in [9.17, 15) is 10.0 Å². The maximum Gasteiger partial charge on any atom is 0.377 e. The molecule has 1 atom stereocenters. The van der Waals surface area contributed by atoms with Gasteiger partial charge in [0.05, 0.1) is 0 Å². The maximum absolute atomic E-state index is 11.2. The van der Waals surface area contributed by atoms with E-state index in [0.717, 1.165) is 0 Å². The number of aliphatic carboxylic acids is 1. The van der Waals surface area contributed by atoms with Crippen molar-refractivity contribution in [1.82, 2.24) is 0 Å². The molecule has 0 heterocycles. The standard InChI is InChI=1S/C8H16N2O4/c1-5(2)7(8(11)12)10(13)9-14-6(3)4/h5-7H,1-4H3,(H,11,12)/b10-9-. The summed E-state index contributed by atoms with van der Waals surface area (Å²) >= 11 is 0. The Bertz CT molecular complexity index is 225. The smallest absolute Gasteiger partial charge is 0.377 e. The van der Waals surface area contributed by atoms with E-state index >= 15 is 0 Å². The summed E-state index contributed by atoms with van der Waals surface area (Å²) in [4.78, 5) is 15.4. The number of hydrogen-bond donors (Lipinski definition) is 1. The Balaban J connectivity index is 4.51. The summed E-state index contributed by atoms with van der Waals surface area (Å²) in [5.74, 6) is -1.53. The summed E-state index contributed by atoms with van der Waals surface area (Å²) in [7, 11) is 0. The zero-order chi connectivity index (χ0) is 11.3. The summed E-state index contributed by atoms with van der Waals surface area (Å²) in [6, 6.07) is -1.20. The Kier molecular flexibility index (Phi) is 4.90. The molecule has 0 aliphatic carbocycles. The first-order chi connectivity index (χ1) is 6.36. The minimum atomic E-state index is -1.20. The molecule has 0 aromatic heterocycles. The van der Waals surface area contributed by atoms with Crippen LogP contribution in [0.1, 0.15) is 27.7 Å². The Hall–Kier alpha value is -1.33. The minimum Gasteiger partial charge on any atom is -0.597 e. The molecule has 0 aliphatic heterocycles. The van der Waals surface area contributed by atoms with Crippen LogP contribution in [0.25, 0.3) is 0 Å². The van der Waals surface area contributed by atoms with Crippen LogP contribution in [0.4, 0.5) is 0 Å². The average Bonchev–Trinajstić information content (AvgIpc) is 1.99. The van der Waals surface area contributed by atoms with Crippen LogP contribution in [0.2, 0.25) is 0 Å². The van der Waals surface area contributed by atoms with Gasteiger partial charge in [0.2, 0.25) is 5.28 Å². The number of hydrogen-bond acceptors (Lipinski definition) is 4. The number of carboxylic acid groups (broad SMARTS) is 1. The third-order valence-corrected chi connectivity index (χ3v) is 1.46. The van der Waals surface area contributed by atoms with Crippen LogP contribution in [0.5, 0.6) is 0 Å². The molecule has 1 N–H and O–H groups in total. The van der Waals surface area contributed by atoms with Gasteiger partial charge in [-0.1, -0.05) is 13.8 Å². The van der Waals surface area contributed by atoms with Crippen molar-refractivity contribution in [2.75, 3.05) is 0 Å². The van der Waals surface area contributed by atoms with E-state index in [1.165, 1.54) is 0 Å². The molecule has 0 rings (SSSR count). The van der Waals surface area contributed by atoms with Gasteiger partial charge in [-0.2, -0.15) is 0 Å². The summed E-state index contributed by atoms with van der Waals surface area (Å²) in [5, 5.41) is 23.1. The molecular formula is C8H16N2O4. The van der Waals surface area contributed by atoms with Gasteiger partial charge < -0.3 is 15.2 Å². The lowest BCUT2D eigenvalue weighted by molar-refractivity contribution is -0.590. The van der Waals surface area contributed by atoms with Crippen molar-refractivity contribution in [3.05, 3.63) is 5.21 Å². The summed E-state index contributed by atoms with van der Waals surface area (Å²) in [6.45, 7) is 6.66. The van der Waals surface area contributed by atoms with Crippen LogP contribution in [0.15, 0.2) is 5.28 Å². The molecule has 1 unspecified atom stereocenters. The van der Waals surface area contributed by atoms with Crippen molar-refractivity contribution >= 4 is 5.97 Å². The zero-order valence-corrected chi connectivity index (χ0v) is 8.80. The Labute approximate surface area is 82.7 Å². The molecule has 6 nitrogen and oxygen atoms in total. The minimum absolute atomic E-state index is 0.0903. The molecule has 0 aromatic rings. The highest BCUT2D eigenvalue weighted by molar-refractivity contribution is 5.72. The first kappa shape index (κ1) is 12.7. The van der Waals surface area contributed by atoms with Crippen LogP contribution in [0.3, 0.4) is 0 Å². The SMILES string of the molecule is CC(C)O/N=[N+](\[O-])C(C(=O)O)C(C)C. The molecule has 82 valence electrons. The molecule has 0 amide bonds. The van der Waals surface area contributed by atoms with Crippen LogP contribution < -0.4 is 0 Å². The highest BCUT2D eigenvalue weighted by atomic mass is 16.7. The van der Waals surface area contributed by atoms with E-state index in [2.05, 4.69) is 10.1 Å². The molecule has 6 heteroatoms. The number of nitrogens with zero attached hydrogens (tertiary/aromatic N) is 2. The fourth-order valence-electron chi connectivity index (χ4n) is 0.826. The van der Waals surface area contributed by atoms with Crippen LogP contribution in [0, 0.1) is 11.1 Å². The highest BCUT2D eigenvalue weighted by Crippen LogP contribution is 2.07. The van der Waals surface area contributed by atoms with Gasteiger partial charge in [0.1, 0.15) is 6.10 Å². The molecule has 0 saturated carbocycles. The van der Waals surface area contributed by atoms with Crippen molar-refractivity contribution in [2.45, 2.75) is 39.8 Å². The van der Waals surface area contributed by atoms with Gasteiger partial charge in [0.25, 0.3) is 6.04 Å². The molecule has 0 aromatic carbocycles. The quantitative estimate of drug-likeness (QED) is 0.416. The van der Waals surface area contributed by atoms with E-state index in [1.54, 1.807) is 27.7 Å². The van der Waals surface area contributed by atoms with Crippen molar-refractivity contribution in [2.24, 2.45) is 11.2 Å². The summed E-state index contributed by atoms with van der Waals surface area (Å²) in [5.41, 5.74) is 0. The third-order valence-electron chi connectivity index (χ3n) is 1.46. The number of hydroxylamine groups is 1. The topological polar surface area (TPSA) is 85.0 Å². The Morgan fingerprint density at radius 1 is 1.43 bits per heavy atom. The lowest BCUT2D eigenvalue weighted by Gasteiger charge is -2.12. The van der Waals surface area contributed by atoms with Crippen molar-refractivity contribution < 1.29 is 19.6 Å². The predicted octanol–water partition coefficient (Wildman–Crippen LogP) is 1.40. The molecule has 0 aliphatic rings. The first-order valence-electron chi connectivity index (χ1n) is 4.42. The second-order valence-electron chi connectivity index (χ2n) is 3.57. The third kappa shape index (κ3) is 4.06. The van der Waals surface area contributed by atoms with Crippen molar-refractivity contribution in [3.63, 3.8) is 0 Å². The average molecular weight is 204 g/mol. The predicted molar refractivity (Wildman–Crippen MR) is 48.5 cm³/mol. The fourth-order valence-corrected chi connectivity index (χ4v) is 0.826. The van der Waals surface area contributed by atoms with Gasteiger partial charge in [-0.25, -0.2) is 4.79 Å². The lowest BCUT2D eigenvalue weighted by Crippen LogP contribution is -2.35. The van der Waals surface area contributed by atoms with Crippen LogP contribution in [-0.2, 0) is 9.63 Å². The number of rotatable bonds is 5. The van der Waals surface area contributed by atoms with Gasteiger partial charge in [-0.05, 0) is 18.7 Å². The van der Waals surface area contributed by atoms with E-state index in [0.29, 0.717) is 0 Å². The monoisotopic (exact) mass is 204 g/mol. The van der Waals surface area contributed by atoms with E-state index < -0.39 is 12.0 Å². The Morgan fingerprint density at radius 2 is 1.93 bits per heavy atom. The fraction of sp³-hybridized carbons (Fsp3) is 0.875. The molecule has 0 saturated heterocycles. The normalized spacial score (nSPS) is 14.6. The maximum atomic E-state index is 11.2. The summed E-state index contributed by atoms with van der Waals surface area (Å²) in [6.07, 6.45) is -0.243. The van der Waals surface area contributed by atoms with E-state index in [1.807, 2.05) is 0 Å². The second-order valence-corrected chi connectivity index (χ2v) is 3.57. The van der Waals surface area contributed by atoms with E-state index in [-0.39, 0.29) is 16.9 Å². The molecule has 0 bridgehead atoms. The molecule has 0 spiro atoms. The molecule has 14 heavy (non-hydrogen) atoms. The molecular weight excluding hydrogens is 188 g/mol. The van der Waals surface area contributed by atoms with Crippen LogP contribution in [-0.4, -0.2) is 28.1 Å². The lowest BCUT2D eigenvalue weighted by atomic mass is 10.1. The van der Waals surface area contributed by atoms with Crippen molar-refractivity contribution in [3.8, 4) is 0 Å². The van der Waals surface area contributed by atoms with Gasteiger partial charge >= 0.3 is 5.97 Å². The molecule has 0 fully saturated rings. The zero-order valence-electron chi connectivity index (χ0n) is 8.80. The largest absolute Gasteiger partial charge is 0.597 e. The second kappa shape index (κ2) is 5.41. The Morgan fingerprint density at radius 3 is 2.21 bits per heavy atom. The van der Waals surface area contributed by atoms with Gasteiger partial charge in [0.15, 0.2) is 0 Å². The summed E-state index contributed by atoms with van der Waals surface area (Å²) < 4.78 is 0. The van der Waals surface area contributed by atoms with E-state index in [4.69, 9.17) is 5.11 Å². The first-order valence-corrected chi connectivity index (χ1v) is 4.42. The van der Waals surface area contributed by atoms with Crippen LogP contribution >= 0.6 is 0 Å². The van der Waals surface area contributed by atoms with Gasteiger partial charge in [0, 0.05) is 5.92 Å². The van der Waals surface area contributed by atoms with Crippen molar-refractivity contribution in [1.29, 1.82) is 0 Å². The van der Waals surface area contributed by atoms with Gasteiger partial charge in [-0.15, -0.1) is 0 Å². The number of carboxylic acids is 1.